The molecule has 182 valence electrons. The predicted octanol–water partition coefficient (Wildman–Crippen LogP) is 5.89. The summed E-state index contributed by atoms with van der Waals surface area (Å²) in [6.07, 6.45) is 5.12. The average molecular weight is 483 g/mol. The minimum Gasteiger partial charge on any atom is -0.486 e. The number of thioether (sulfide) groups is 1. The molecule has 34 heavy (non-hydrogen) atoms. The van der Waals surface area contributed by atoms with Crippen molar-refractivity contribution in [3.05, 3.63) is 58.7 Å². The third kappa shape index (κ3) is 4.80. The van der Waals surface area contributed by atoms with Crippen LogP contribution in [-0.4, -0.2) is 37.0 Å². The second-order valence-electron chi connectivity index (χ2n) is 9.84. The first-order valence-electron chi connectivity index (χ1n) is 12.3. The summed E-state index contributed by atoms with van der Waals surface area (Å²) >= 11 is 1.68. The molecule has 0 N–H and O–H groups in total. The lowest BCUT2D eigenvalue weighted by atomic mass is 9.82. The van der Waals surface area contributed by atoms with Crippen molar-refractivity contribution in [3.63, 3.8) is 0 Å². The van der Waals surface area contributed by atoms with Crippen LogP contribution in [0.1, 0.15) is 67.9 Å². The molecule has 5 nitrogen and oxygen atoms in total. The van der Waals surface area contributed by atoms with Crippen LogP contribution in [0.2, 0.25) is 0 Å². The lowest BCUT2D eigenvalue weighted by Crippen LogP contribution is -2.46. The monoisotopic (exact) mass is 482 g/mol. The molecule has 3 aliphatic rings. The van der Waals surface area contributed by atoms with E-state index in [1.807, 2.05) is 6.07 Å². The van der Waals surface area contributed by atoms with E-state index >= 15 is 0 Å². The third-order valence-corrected chi connectivity index (χ3v) is 8.28. The minimum absolute atomic E-state index is 0.0186. The number of hydrogen-bond acceptors (Lipinski definition) is 6. The summed E-state index contributed by atoms with van der Waals surface area (Å²) in [5.41, 5.74) is 5.14. The van der Waals surface area contributed by atoms with Crippen LogP contribution >= 0.6 is 11.8 Å². The van der Waals surface area contributed by atoms with Gasteiger partial charge in [0.2, 0.25) is 0 Å². The highest BCUT2D eigenvalue weighted by Crippen LogP contribution is 2.46. The van der Waals surface area contributed by atoms with Crippen LogP contribution in [-0.2, 0) is 20.7 Å². The predicted molar refractivity (Wildman–Crippen MR) is 134 cm³/mol. The van der Waals surface area contributed by atoms with Gasteiger partial charge in [-0.15, -0.1) is 11.8 Å². The number of benzene rings is 2. The Bertz CT molecular complexity index is 1050. The van der Waals surface area contributed by atoms with E-state index in [4.69, 9.17) is 18.9 Å². The molecule has 2 fully saturated rings. The van der Waals surface area contributed by atoms with Gasteiger partial charge in [-0.3, -0.25) is 4.79 Å². The van der Waals surface area contributed by atoms with Gasteiger partial charge in [0, 0.05) is 18.8 Å². The van der Waals surface area contributed by atoms with E-state index in [-0.39, 0.29) is 35.4 Å². The number of fused-ring (bicyclic) bond motifs is 1. The topological polar surface area (TPSA) is 54.0 Å². The number of carbonyl (C=O) groups excluding carboxylic acids is 1. The molecule has 5 rings (SSSR count). The van der Waals surface area contributed by atoms with Crippen LogP contribution in [0.15, 0.2) is 36.4 Å². The molecule has 5 atom stereocenters. The van der Waals surface area contributed by atoms with Gasteiger partial charge in [0.1, 0.15) is 24.8 Å². The van der Waals surface area contributed by atoms with Crippen molar-refractivity contribution in [2.75, 3.05) is 19.5 Å². The molecule has 2 aromatic carbocycles. The summed E-state index contributed by atoms with van der Waals surface area (Å²) in [7, 11) is 0. The third-order valence-electron chi connectivity index (χ3n) is 7.27. The van der Waals surface area contributed by atoms with Crippen molar-refractivity contribution in [1.82, 2.24) is 0 Å². The fourth-order valence-electron chi connectivity index (χ4n) is 5.42. The maximum absolute atomic E-state index is 11.8. The molecule has 0 amide bonds. The number of rotatable bonds is 6. The fourth-order valence-corrected chi connectivity index (χ4v) is 6.24. The van der Waals surface area contributed by atoms with E-state index in [0.717, 1.165) is 23.5 Å². The maximum atomic E-state index is 11.8. The Morgan fingerprint density at radius 2 is 1.79 bits per heavy atom. The van der Waals surface area contributed by atoms with Gasteiger partial charge >= 0.3 is 5.97 Å². The SMILES string of the molecule is CSC1O[C@@H](c2ccc(C3CC3)c(Cc3ccc4c(c3)OCCO4)c2)[C@H](C)[C@@H](OC(C)=O)[C@@H]1C. The van der Waals surface area contributed by atoms with Gasteiger partial charge in [0.15, 0.2) is 11.5 Å². The largest absolute Gasteiger partial charge is 0.486 e. The van der Waals surface area contributed by atoms with Crippen LogP contribution in [0.4, 0.5) is 0 Å². The van der Waals surface area contributed by atoms with E-state index in [2.05, 4.69) is 50.4 Å². The Balaban J connectivity index is 1.45. The molecule has 0 bridgehead atoms. The smallest absolute Gasteiger partial charge is 0.302 e. The summed E-state index contributed by atoms with van der Waals surface area (Å²) in [6.45, 7) is 6.94. The molecule has 1 saturated carbocycles. The molecule has 0 aromatic heterocycles. The fraction of sp³-hybridized carbons (Fsp3) is 0.536. The van der Waals surface area contributed by atoms with Crippen LogP contribution in [0, 0.1) is 11.8 Å². The minimum atomic E-state index is -0.229. The number of hydrogen-bond donors (Lipinski definition) is 0. The molecule has 0 spiro atoms. The zero-order chi connectivity index (χ0) is 23.8. The molecule has 6 heteroatoms. The highest BCUT2D eigenvalue weighted by atomic mass is 32.2. The molecule has 1 aliphatic carbocycles. The summed E-state index contributed by atoms with van der Waals surface area (Å²) in [5.74, 6) is 2.28. The number of esters is 1. The summed E-state index contributed by atoms with van der Waals surface area (Å²) < 4.78 is 23.9. The van der Waals surface area contributed by atoms with Gasteiger partial charge in [-0.1, -0.05) is 38.1 Å². The van der Waals surface area contributed by atoms with Gasteiger partial charge in [-0.25, -0.2) is 0 Å². The standard InChI is InChI=1S/C28H34O5S/c1-16-26(32-18(3)29)17(2)28(34-4)33-27(16)21-8-9-23(20-6-7-20)22(15-21)13-19-5-10-24-25(14-19)31-12-11-30-24/h5,8-10,14-17,20,26-28H,6-7,11-13H2,1-4H3/t16-,17+,26-,27-,28?/m1/s1. The molecule has 1 saturated heterocycles. The molecule has 0 radical (unpaired) electrons. The normalized spacial score (nSPS) is 28.4. The Kier molecular flexibility index (Phi) is 6.81. The van der Waals surface area contributed by atoms with Crippen LogP contribution in [0.25, 0.3) is 0 Å². The van der Waals surface area contributed by atoms with Crippen LogP contribution < -0.4 is 9.47 Å². The maximum Gasteiger partial charge on any atom is 0.302 e. The first-order valence-corrected chi connectivity index (χ1v) is 13.6. The first kappa shape index (κ1) is 23.6. The van der Waals surface area contributed by atoms with Crippen molar-refractivity contribution in [2.24, 2.45) is 11.8 Å². The van der Waals surface area contributed by atoms with E-state index in [1.165, 1.54) is 36.5 Å². The van der Waals surface area contributed by atoms with Crippen LogP contribution in [0.3, 0.4) is 0 Å². The summed E-state index contributed by atoms with van der Waals surface area (Å²) in [6, 6.07) is 13.1. The van der Waals surface area contributed by atoms with Gasteiger partial charge in [0.05, 0.1) is 6.10 Å². The Morgan fingerprint density at radius 1 is 1.03 bits per heavy atom. The van der Waals surface area contributed by atoms with Crippen molar-refractivity contribution in [1.29, 1.82) is 0 Å². The summed E-state index contributed by atoms with van der Waals surface area (Å²) in [5, 5.41) is 0. The Hall–Kier alpha value is -2.18. The zero-order valence-corrected chi connectivity index (χ0v) is 21.2. The summed E-state index contributed by atoms with van der Waals surface area (Å²) in [4.78, 5) is 11.8. The molecule has 2 aliphatic heterocycles. The van der Waals surface area contributed by atoms with Gasteiger partial charge < -0.3 is 18.9 Å². The van der Waals surface area contributed by atoms with E-state index < -0.39 is 0 Å². The van der Waals surface area contributed by atoms with Crippen LogP contribution in [0.5, 0.6) is 11.5 Å². The molecular formula is C28H34O5S. The Labute approximate surface area is 206 Å². The first-order chi connectivity index (χ1) is 16.4. The lowest BCUT2D eigenvalue weighted by Gasteiger charge is -2.44. The van der Waals surface area contributed by atoms with E-state index in [9.17, 15) is 4.79 Å². The quantitative estimate of drug-likeness (QED) is 0.479. The van der Waals surface area contributed by atoms with Crippen molar-refractivity contribution in [3.8, 4) is 11.5 Å². The number of ether oxygens (including phenoxy) is 4. The van der Waals surface area contributed by atoms with E-state index in [0.29, 0.717) is 19.1 Å². The Morgan fingerprint density at radius 3 is 2.50 bits per heavy atom. The lowest BCUT2D eigenvalue weighted by molar-refractivity contribution is -0.176. The second-order valence-corrected chi connectivity index (χ2v) is 10.8. The zero-order valence-electron chi connectivity index (χ0n) is 20.4. The number of carbonyl (C=O) groups is 1. The highest BCUT2D eigenvalue weighted by Gasteiger charge is 2.44. The highest BCUT2D eigenvalue weighted by molar-refractivity contribution is 7.99. The van der Waals surface area contributed by atoms with E-state index in [1.54, 1.807) is 11.8 Å². The van der Waals surface area contributed by atoms with Gasteiger partial charge in [0.25, 0.3) is 0 Å². The average Bonchev–Trinajstić information content (AvgIpc) is 3.67. The van der Waals surface area contributed by atoms with Crippen molar-refractivity contribution >= 4 is 17.7 Å². The van der Waals surface area contributed by atoms with Gasteiger partial charge in [-0.05, 0) is 65.8 Å². The van der Waals surface area contributed by atoms with Gasteiger partial charge in [-0.2, -0.15) is 0 Å². The second kappa shape index (κ2) is 9.82. The molecule has 2 heterocycles. The van der Waals surface area contributed by atoms with Crippen molar-refractivity contribution < 1.29 is 23.7 Å². The molecule has 1 unspecified atom stereocenters. The molecule has 2 aromatic rings. The van der Waals surface area contributed by atoms with Crippen molar-refractivity contribution in [2.45, 2.75) is 63.6 Å². The molecular weight excluding hydrogens is 448 g/mol.